The average Bonchev–Trinajstić information content (AvgIpc) is 3.28. The molecule has 0 aliphatic heterocycles. The number of imidazole rings is 1. The van der Waals surface area contributed by atoms with Gasteiger partial charge in [0.1, 0.15) is 5.82 Å². The van der Waals surface area contributed by atoms with Crippen LogP contribution in [0, 0.1) is 31.1 Å². The maximum atomic E-state index is 9.76. The fraction of sp³-hybridized carbons (Fsp3) is 0.312. The first-order valence-corrected chi connectivity index (χ1v) is 12.5. The van der Waals surface area contributed by atoms with Gasteiger partial charge < -0.3 is 0 Å². The van der Waals surface area contributed by atoms with Crippen molar-refractivity contribution in [1.29, 1.82) is 5.26 Å². The van der Waals surface area contributed by atoms with Gasteiger partial charge in [0.25, 0.3) is 0 Å². The second-order valence-electron chi connectivity index (χ2n) is 10.4. The Labute approximate surface area is 210 Å². The number of rotatable bonds is 6. The van der Waals surface area contributed by atoms with Crippen LogP contribution >= 0.6 is 0 Å². The van der Waals surface area contributed by atoms with Crippen molar-refractivity contribution in [3.8, 4) is 34.4 Å². The molecule has 3 aromatic carbocycles. The quantitative estimate of drug-likeness (QED) is 0.290. The molecule has 178 valence electrons. The molecule has 3 nitrogen and oxygen atoms in total. The molecule has 0 fully saturated rings. The van der Waals surface area contributed by atoms with Gasteiger partial charge in [-0.25, -0.2) is 4.98 Å². The van der Waals surface area contributed by atoms with E-state index in [2.05, 4.69) is 114 Å². The number of nitriles is 1. The molecule has 0 saturated carbocycles. The van der Waals surface area contributed by atoms with Crippen LogP contribution in [0.5, 0.6) is 0 Å². The zero-order valence-corrected chi connectivity index (χ0v) is 22.0. The normalized spacial score (nSPS) is 11.6. The van der Waals surface area contributed by atoms with Crippen LogP contribution in [-0.4, -0.2) is 9.55 Å². The van der Waals surface area contributed by atoms with Crippen LogP contribution in [0.1, 0.15) is 62.4 Å². The lowest BCUT2D eigenvalue weighted by Gasteiger charge is -2.32. The smallest absolute Gasteiger partial charge is 0.145 e. The molecule has 0 aliphatic rings. The molecule has 0 saturated heterocycles. The van der Waals surface area contributed by atoms with Crippen LogP contribution in [0.4, 0.5) is 0 Å². The van der Waals surface area contributed by atoms with Gasteiger partial charge in [0.15, 0.2) is 0 Å². The monoisotopic (exact) mass is 461 g/mol. The van der Waals surface area contributed by atoms with Gasteiger partial charge in [-0.05, 0) is 66.5 Å². The summed E-state index contributed by atoms with van der Waals surface area (Å²) in [6.45, 7) is 15.5. The third-order valence-corrected chi connectivity index (χ3v) is 7.49. The fourth-order valence-electron chi connectivity index (χ4n) is 4.71. The predicted octanol–water partition coefficient (Wildman–Crippen LogP) is 8.19. The largest absolute Gasteiger partial charge is 0.299 e. The molecular weight excluding hydrogens is 426 g/mol. The Balaban J connectivity index is 2.10. The van der Waals surface area contributed by atoms with E-state index in [0.29, 0.717) is 11.5 Å². The Bertz CT molecular complexity index is 1410. The highest BCUT2D eigenvalue weighted by molar-refractivity contribution is 5.73. The zero-order valence-electron chi connectivity index (χ0n) is 22.0. The van der Waals surface area contributed by atoms with Gasteiger partial charge in [0.2, 0.25) is 0 Å². The lowest BCUT2D eigenvalue weighted by molar-refractivity contribution is 0.373. The number of aryl methyl sites for hydroxylation is 3. The molecular formula is C32H35N3. The number of nitrogens with zero attached hydrogens (tertiary/aromatic N) is 3. The Kier molecular flexibility index (Phi) is 6.68. The molecule has 0 amide bonds. The first-order chi connectivity index (χ1) is 16.7. The fourth-order valence-corrected chi connectivity index (χ4v) is 4.71. The van der Waals surface area contributed by atoms with Crippen molar-refractivity contribution in [2.45, 2.75) is 60.3 Å². The molecule has 0 aliphatic carbocycles. The molecule has 35 heavy (non-hydrogen) atoms. The molecule has 4 rings (SSSR count). The van der Waals surface area contributed by atoms with E-state index in [1.165, 1.54) is 27.9 Å². The van der Waals surface area contributed by atoms with Crippen LogP contribution in [0.2, 0.25) is 0 Å². The first kappa shape index (κ1) is 24.5. The summed E-state index contributed by atoms with van der Waals surface area (Å²) in [5, 5.41) is 9.76. The minimum absolute atomic E-state index is 0.0943. The van der Waals surface area contributed by atoms with Crippen molar-refractivity contribution in [3.05, 3.63) is 94.7 Å². The van der Waals surface area contributed by atoms with Gasteiger partial charge >= 0.3 is 0 Å². The number of para-hydroxylation sites is 1. The third kappa shape index (κ3) is 4.54. The second-order valence-corrected chi connectivity index (χ2v) is 10.4. The van der Waals surface area contributed by atoms with Gasteiger partial charge in [-0.1, -0.05) is 82.6 Å². The summed E-state index contributed by atoms with van der Waals surface area (Å²) in [6, 6.07) is 23.4. The highest BCUT2D eigenvalue weighted by Crippen LogP contribution is 2.40. The van der Waals surface area contributed by atoms with Crippen molar-refractivity contribution < 1.29 is 0 Å². The summed E-state index contributed by atoms with van der Waals surface area (Å²) in [6.07, 6.45) is 3.09. The maximum Gasteiger partial charge on any atom is 0.145 e. The van der Waals surface area contributed by atoms with Crippen molar-refractivity contribution in [2.75, 3.05) is 0 Å². The summed E-state index contributed by atoms with van der Waals surface area (Å²) in [4.78, 5) is 5.25. The maximum absolute atomic E-state index is 9.76. The van der Waals surface area contributed by atoms with Gasteiger partial charge in [0.05, 0.1) is 23.0 Å². The number of aromatic nitrogens is 2. The van der Waals surface area contributed by atoms with Gasteiger partial charge in [-0.15, -0.1) is 0 Å². The number of hydrogen-bond acceptors (Lipinski definition) is 2. The highest BCUT2D eigenvalue weighted by Gasteiger charge is 2.30. The minimum Gasteiger partial charge on any atom is -0.299 e. The van der Waals surface area contributed by atoms with E-state index in [4.69, 9.17) is 4.98 Å². The molecule has 4 aromatic rings. The first-order valence-electron chi connectivity index (χ1n) is 12.5. The molecule has 0 atom stereocenters. The molecule has 0 bridgehead atoms. The van der Waals surface area contributed by atoms with Crippen LogP contribution in [0.25, 0.3) is 28.3 Å². The Morgan fingerprint density at radius 1 is 1.00 bits per heavy atom. The molecule has 0 radical (unpaired) electrons. The summed E-state index contributed by atoms with van der Waals surface area (Å²) >= 11 is 0. The molecule has 0 unspecified atom stereocenters. The Morgan fingerprint density at radius 2 is 1.74 bits per heavy atom. The van der Waals surface area contributed by atoms with Crippen LogP contribution in [0.3, 0.4) is 0 Å². The topological polar surface area (TPSA) is 41.6 Å². The highest BCUT2D eigenvalue weighted by atomic mass is 15.1. The van der Waals surface area contributed by atoms with E-state index in [9.17, 15) is 5.26 Å². The van der Waals surface area contributed by atoms with E-state index in [1.54, 1.807) is 0 Å². The summed E-state index contributed by atoms with van der Waals surface area (Å²) in [5.74, 6) is 1.30. The van der Waals surface area contributed by atoms with E-state index >= 15 is 0 Å². The van der Waals surface area contributed by atoms with Gasteiger partial charge in [-0.3, -0.25) is 4.57 Å². The van der Waals surface area contributed by atoms with E-state index in [1.807, 2.05) is 12.1 Å². The van der Waals surface area contributed by atoms with Crippen molar-refractivity contribution in [3.63, 3.8) is 0 Å². The lowest BCUT2D eigenvalue weighted by Crippen LogP contribution is -2.25. The van der Waals surface area contributed by atoms with Crippen LogP contribution in [0.15, 0.2) is 66.9 Å². The molecule has 1 heterocycles. The van der Waals surface area contributed by atoms with Crippen molar-refractivity contribution >= 4 is 0 Å². The third-order valence-electron chi connectivity index (χ3n) is 7.49. The zero-order chi connectivity index (χ0) is 25.3. The summed E-state index contributed by atoms with van der Waals surface area (Å²) in [5.41, 5.74) is 9.68. The Hall–Kier alpha value is -3.64. The van der Waals surface area contributed by atoms with E-state index in [-0.39, 0.29) is 5.41 Å². The molecule has 1 aromatic heterocycles. The Morgan fingerprint density at radius 3 is 2.40 bits per heavy atom. The van der Waals surface area contributed by atoms with Crippen LogP contribution < -0.4 is 0 Å². The standard InChI is InChI=1S/C32H35N3/c1-8-25-13-10-12-23(5)30(25)35-20-29(26-14-9-11-22(4)17-26)34-31(35)27-18-24(19-33)15-16-28(27)32(6,7)21(2)3/h9-18,20-21H,8H2,1-7H3. The summed E-state index contributed by atoms with van der Waals surface area (Å²) < 4.78 is 2.25. The van der Waals surface area contributed by atoms with Crippen molar-refractivity contribution in [1.82, 2.24) is 9.55 Å². The average molecular weight is 462 g/mol. The van der Waals surface area contributed by atoms with Gasteiger partial charge in [0, 0.05) is 17.3 Å². The summed E-state index contributed by atoms with van der Waals surface area (Å²) in [7, 11) is 0. The number of hydrogen-bond donors (Lipinski definition) is 0. The van der Waals surface area contributed by atoms with Crippen LogP contribution in [-0.2, 0) is 11.8 Å². The van der Waals surface area contributed by atoms with Gasteiger partial charge in [-0.2, -0.15) is 5.26 Å². The lowest BCUT2D eigenvalue weighted by atomic mass is 9.73. The van der Waals surface area contributed by atoms with E-state index < -0.39 is 0 Å². The minimum atomic E-state index is -0.0943. The van der Waals surface area contributed by atoms with Crippen molar-refractivity contribution in [2.24, 2.45) is 5.92 Å². The molecule has 0 N–H and O–H groups in total. The second kappa shape index (κ2) is 9.55. The molecule has 0 spiro atoms. The van der Waals surface area contributed by atoms with E-state index in [0.717, 1.165) is 29.1 Å². The SMILES string of the molecule is CCc1cccc(C)c1-n1cc(-c2cccc(C)c2)nc1-c1cc(C#N)ccc1C(C)(C)C(C)C. The predicted molar refractivity (Wildman–Crippen MR) is 146 cm³/mol. The number of benzene rings is 3. The molecule has 3 heteroatoms.